The molecule has 0 atom stereocenters. The van der Waals surface area contributed by atoms with Crippen molar-refractivity contribution >= 4 is 17.7 Å². The molecule has 102 valence electrons. The molecule has 19 heavy (non-hydrogen) atoms. The number of rotatable bonds is 1. The largest absolute Gasteiger partial charge is 0.453 e. The van der Waals surface area contributed by atoms with Crippen molar-refractivity contribution in [3.05, 3.63) is 24.0 Å². The SMILES string of the molecule is COC(=O)N1CCN(C(=O)c2ccc(N)cn2)CC1. The first-order valence-electron chi connectivity index (χ1n) is 5.95. The van der Waals surface area contributed by atoms with Crippen molar-refractivity contribution in [2.45, 2.75) is 0 Å². The highest BCUT2D eigenvalue weighted by molar-refractivity contribution is 5.92. The normalized spacial score (nSPS) is 15.2. The summed E-state index contributed by atoms with van der Waals surface area (Å²) in [7, 11) is 1.35. The Labute approximate surface area is 110 Å². The van der Waals surface area contributed by atoms with Crippen molar-refractivity contribution in [3.63, 3.8) is 0 Å². The van der Waals surface area contributed by atoms with Crippen molar-refractivity contribution in [3.8, 4) is 0 Å². The minimum atomic E-state index is -0.363. The Kier molecular flexibility index (Phi) is 3.84. The van der Waals surface area contributed by atoms with Crippen LogP contribution in [0.1, 0.15) is 10.5 Å². The van der Waals surface area contributed by atoms with Crippen LogP contribution in [0.3, 0.4) is 0 Å². The Morgan fingerprint density at radius 3 is 2.37 bits per heavy atom. The molecule has 0 aromatic carbocycles. The van der Waals surface area contributed by atoms with Crippen LogP contribution in [-0.2, 0) is 4.74 Å². The monoisotopic (exact) mass is 264 g/mol. The van der Waals surface area contributed by atoms with Gasteiger partial charge in [-0.2, -0.15) is 0 Å². The maximum absolute atomic E-state index is 12.1. The fourth-order valence-corrected chi connectivity index (χ4v) is 1.92. The van der Waals surface area contributed by atoms with Crippen LogP contribution in [0.5, 0.6) is 0 Å². The highest BCUT2D eigenvalue weighted by Gasteiger charge is 2.25. The summed E-state index contributed by atoms with van der Waals surface area (Å²) in [6.45, 7) is 1.88. The molecule has 0 radical (unpaired) electrons. The van der Waals surface area contributed by atoms with Gasteiger partial charge in [0.15, 0.2) is 0 Å². The molecule has 2 N–H and O–H groups in total. The molecule has 0 unspecified atom stereocenters. The number of aromatic nitrogens is 1. The first kappa shape index (κ1) is 13.1. The Morgan fingerprint density at radius 2 is 1.84 bits per heavy atom. The van der Waals surface area contributed by atoms with Gasteiger partial charge in [-0.15, -0.1) is 0 Å². The molecule has 7 nitrogen and oxygen atoms in total. The van der Waals surface area contributed by atoms with Crippen LogP contribution >= 0.6 is 0 Å². The number of hydrogen-bond donors (Lipinski definition) is 1. The van der Waals surface area contributed by atoms with Crippen LogP contribution in [0.15, 0.2) is 18.3 Å². The fourth-order valence-electron chi connectivity index (χ4n) is 1.92. The van der Waals surface area contributed by atoms with E-state index in [1.54, 1.807) is 21.9 Å². The van der Waals surface area contributed by atoms with Crippen molar-refractivity contribution in [1.82, 2.24) is 14.8 Å². The maximum Gasteiger partial charge on any atom is 0.409 e. The van der Waals surface area contributed by atoms with Crippen molar-refractivity contribution in [2.24, 2.45) is 0 Å². The minimum absolute atomic E-state index is 0.149. The number of anilines is 1. The number of nitrogen functional groups attached to an aromatic ring is 1. The number of methoxy groups -OCH3 is 1. The van der Waals surface area contributed by atoms with Gasteiger partial charge in [0.2, 0.25) is 0 Å². The van der Waals surface area contributed by atoms with Gasteiger partial charge in [-0.1, -0.05) is 0 Å². The summed E-state index contributed by atoms with van der Waals surface area (Å²) in [5.41, 5.74) is 6.41. The standard InChI is InChI=1S/C12H16N4O3/c1-19-12(18)16-6-4-15(5-7-16)11(17)10-3-2-9(13)8-14-10/h2-3,8H,4-7,13H2,1H3. The Bertz CT molecular complexity index is 466. The summed E-state index contributed by atoms with van der Waals surface area (Å²) >= 11 is 0. The lowest BCUT2D eigenvalue weighted by Crippen LogP contribution is -2.50. The van der Waals surface area contributed by atoms with E-state index >= 15 is 0 Å². The lowest BCUT2D eigenvalue weighted by Gasteiger charge is -2.33. The van der Waals surface area contributed by atoms with E-state index in [1.807, 2.05) is 0 Å². The third kappa shape index (κ3) is 2.93. The Morgan fingerprint density at radius 1 is 1.21 bits per heavy atom. The zero-order valence-electron chi connectivity index (χ0n) is 10.7. The van der Waals surface area contributed by atoms with E-state index in [9.17, 15) is 9.59 Å². The van der Waals surface area contributed by atoms with Gasteiger partial charge in [0.25, 0.3) is 5.91 Å². The van der Waals surface area contributed by atoms with Crippen LogP contribution in [0, 0.1) is 0 Å². The van der Waals surface area contributed by atoms with E-state index < -0.39 is 0 Å². The summed E-state index contributed by atoms with van der Waals surface area (Å²) in [4.78, 5) is 30.7. The van der Waals surface area contributed by atoms with Crippen LogP contribution in [-0.4, -0.2) is 60.1 Å². The van der Waals surface area contributed by atoms with Gasteiger partial charge in [0.1, 0.15) is 5.69 Å². The van der Waals surface area contributed by atoms with Gasteiger partial charge >= 0.3 is 6.09 Å². The summed E-state index contributed by atoms with van der Waals surface area (Å²) in [6, 6.07) is 3.25. The van der Waals surface area contributed by atoms with Crippen LogP contribution in [0.25, 0.3) is 0 Å². The van der Waals surface area contributed by atoms with E-state index in [4.69, 9.17) is 5.73 Å². The first-order chi connectivity index (χ1) is 9.11. The van der Waals surface area contributed by atoms with Crippen molar-refractivity contribution in [1.29, 1.82) is 0 Å². The number of amides is 2. The van der Waals surface area contributed by atoms with Gasteiger partial charge in [0, 0.05) is 26.2 Å². The van der Waals surface area contributed by atoms with E-state index in [-0.39, 0.29) is 12.0 Å². The van der Waals surface area contributed by atoms with Crippen LogP contribution in [0.2, 0.25) is 0 Å². The molecule has 1 aliphatic heterocycles. The topological polar surface area (TPSA) is 88.8 Å². The Hall–Kier alpha value is -2.31. The summed E-state index contributed by atoms with van der Waals surface area (Å²) < 4.78 is 4.64. The molecule has 1 aromatic heterocycles. The maximum atomic E-state index is 12.1. The second-order valence-electron chi connectivity index (χ2n) is 4.23. The number of carbonyl (C=O) groups is 2. The summed E-state index contributed by atoms with van der Waals surface area (Å²) in [5.74, 6) is -0.149. The average Bonchev–Trinajstić information content (AvgIpc) is 2.46. The third-order valence-corrected chi connectivity index (χ3v) is 3.01. The molecular formula is C12H16N4O3. The van der Waals surface area contributed by atoms with E-state index in [0.29, 0.717) is 37.6 Å². The minimum Gasteiger partial charge on any atom is -0.453 e. The first-order valence-corrected chi connectivity index (χ1v) is 5.95. The molecule has 0 aliphatic carbocycles. The molecule has 2 rings (SSSR count). The van der Waals surface area contributed by atoms with Gasteiger partial charge < -0.3 is 20.3 Å². The number of nitrogens with two attached hydrogens (primary N) is 1. The third-order valence-electron chi connectivity index (χ3n) is 3.01. The van der Waals surface area contributed by atoms with Crippen molar-refractivity contribution < 1.29 is 14.3 Å². The quantitative estimate of drug-likeness (QED) is 0.782. The molecule has 0 saturated carbocycles. The van der Waals surface area contributed by atoms with Gasteiger partial charge in [0.05, 0.1) is 19.0 Å². The number of carbonyl (C=O) groups excluding carboxylic acids is 2. The lowest BCUT2D eigenvalue weighted by molar-refractivity contribution is 0.0595. The molecule has 0 bridgehead atoms. The fraction of sp³-hybridized carbons (Fsp3) is 0.417. The molecule has 2 heterocycles. The summed E-state index contributed by atoms with van der Waals surface area (Å²) in [5, 5.41) is 0. The zero-order chi connectivity index (χ0) is 13.8. The molecule has 0 spiro atoms. The highest BCUT2D eigenvalue weighted by atomic mass is 16.5. The number of hydrogen-bond acceptors (Lipinski definition) is 5. The van der Waals surface area contributed by atoms with Gasteiger partial charge in [-0.05, 0) is 12.1 Å². The highest BCUT2D eigenvalue weighted by Crippen LogP contribution is 2.09. The average molecular weight is 264 g/mol. The predicted octanol–water partition coefficient (Wildman–Crippen LogP) is 0.188. The molecule has 1 fully saturated rings. The number of nitrogens with zero attached hydrogens (tertiary/aromatic N) is 3. The Balaban J connectivity index is 1.96. The second-order valence-corrected chi connectivity index (χ2v) is 4.23. The predicted molar refractivity (Wildman–Crippen MR) is 68.5 cm³/mol. The lowest BCUT2D eigenvalue weighted by atomic mass is 10.2. The summed E-state index contributed by atoms with van der Waals surface area (Å²) in [6.07, 6.45) is 1.09. The van der Waals surface area contributed by atoms with Gasteiger partial charge in [-0.25, -0.2) is 9.78 Å². The van der Waals surface area contributed by atoms with E-state index in [0.717, 1.165) is 0 Å². The van der Waals surface area contributed by atoms with Gasteiger partial charge in [-0.3, -0.25) is 4.79 Å². The molecule has 1 saturated heterocycles. The van der Waals surface area contributed by atoms with E-state index in [2.05, 4.69) is 9.72 Å². The molecule has 1 aromatic rings. The van der Waals surface area contributed by atoms with Crippen LogP contribution in [0.4, 0.5) is 10.5 Å². The molecule has 1 aliphatic rings. The second kappa shape index (κ2) is 5.55. The molecule has 7 heteroatoms. The van der Waals surface area contributed by atoms with Crippen LogP contribution < -0.4 is 5.73 Å². The molecular weight excluding hydrogens is 248 g/mol. The molecule has 2 amide bonds. The number of pyridine rings is 1. The number of ether oxygens (including phenoxy) is 1. The van der Waals surface area contributed by atoms with E-state index in [1.165, 1.54) is 13.3 Å². The zero-order valence-corrected chi connectivity index (χ0v) is 10.7. The number of piperazine rings is 1. The smallest absolute Gasteiger partial charge is 0.409 e. The van der Waals surface area contributed by atoms with Crippen molar-refractivity contribution in [2.75, 3.05) is 39.0 Å².